The van der Waals surface area contributed by atoms with E-state index >= 15 is 0 Å². The van der Waals surface area contributed by atoms with Crippen LogP contribution in [0.2, 0.25) is 0 Å². The van der Waals surface area contributed by atoms with Gasteiger partial charge in [0.1, 0.15) is 17.5 Å². The van der Waals surface area contributed by atoms with Crippen molar-refractivity contribution >= 4 is 22.7 Å². The fourth-order valence-corrected chi connectivity index (χ4v) is 2.80. The molecule has 4 aromatic rings. The molecule has 0 atom stereocenters. The van der Waals surface area contributed by atoms with Gasteiger partial charge < -0.3 is 10.3 Å². The minimum Gasteiger partial charge on any atom is -0.345 e. The summed E-state index contributed by atoms with van der Waals surface area (Å²) in [6.07, 6.45) is 3.52. The molecule has 0 saturated heterocycles. The zero-order chi connectivity index (χ0) is 17.4. The zero-order valence-corrected chi connectivity index (χ0v) is 13.8. The number of anilines is 2. The smallest absolute Gasteiger partial charge is 0.153 e. The molecule has 122 valence electrons. The summed E-state index contributed by atoms with van der Waals surface area (Å²) in [5, 5.41) is 17.7. The van der Waals surface area contributed by atoms with Crippen molar-refractivity contribution in [2.45, 2.75) is 6.92 Å². The molecule has 0 bridgehead atoms. The fourth-order valence-electron chi connectivity index (χ4n) is 2.80. The van der Waals surface area contributed by atoms with Crippen LogP contribution >= 0.6 is 0 Å². The van der Waals surface area contributed by atoms with Gasteiger partial charge in [-0.2, -0.15) is 10.4 Å². The average molecular weight is 329 g/mol. The van der Waals surface area contributed by atoms with Crippen molar-refractivity contribution in [1.29, 1.82) is 5.26 Å². The molecule has 4 heterocycles. The van der Waals surface area contributed by atoms with E-state index in [2.05, 4.69) is 31.4 Å². The van der Waals surface area contributed by atoms with Crippen LogP contribution in [-0.4, -0.2) is 24.7 Å². The largest absolute Gasteiger partial charge is 0.345 e. The van der Waals surface area contributed by atoms with Crippen molar-refractivity contribution in [3.05, 3.63) is 54.0 Å². The molecule has 7 heteroatoms. The summed E-state index contributed by atoms with van der Waals surface area (Å²) in [6.45, 7) is 1.94. The van der Waals surface area contributed by atoms with E-state index in [1.54, 1.807) is 10.9 Å². The number of H-pyrrole nitrogens is 1. The van der Waals surface area contributed by atoms with E-state index in [0.717, 1.165) is 22.3 Å². The van der Waals surface area contributed by atoms with Gasteiger partial charge in [0.15, 0.2) is 5.82 Å². The molecule has 2 N–H and O–H groups in total. The van der Waals surface area contributed by atoms with Gasteiger partial charge in [0, 0.05) is 42.2 Å². The van der Waals surface area contributed by atoms with Crippen molar-refractivity contribution < 1.29 is 0 Å². The molecular formula is C18H15N7. The van der Waals surface area contributed by atoms with Crippen LogP contribution in [0.3, 0.4) is 0 Å². The van der Waals surface area contributed by atoms with Crippen LogP contribution in [0.5, 0.6) is 0 Å². The Morgan fingerprint density at radius 1 is 1.20 bits per heavy atom. The standard InChI is InChI=1S/C18H15N7/c1-11-4-3-5-14(21-11)13-8-16(22-15-6-7-25(2)24-15)23-18-17(13)12(9-19)10-20-18/h3-8,10H,1-2H3,(H2,20,22,23,24). The molecule has 0 aliphatic heterocycles. The second-order valence-corrected chi connectivity index (χ2v) is 5.76. The predicted molar refractivity (Wildman–Crippen MR) is 95.3 cm³/mol. The van der Waals surface area contributed by atoms with Gasteiger partial charge in [-0.15, -0.1) is 0 Å². The highest BCUT2D eigenvalue weighted by Gasteiger charge is 2.15. The maximum Gasteiger partial charge on any atom is 0.153 e. The van der Waals surface area contributed by atoms with Gasteiger partial charge in [-0.25, -0.2) is 4.98 Å². The Balaban J connectivity index is 1.91. The van der Waals surface area contributed by atoms with Crippen LogP contribution < -0.4 is 5.32 Å². The fraction of sp³-hybridized carbons (Fsp3) is 0.111. The van der Waals surface area contributed by atoms with Crippen molar-refractivity contribution in [3.8, 4) is 17.3 Å². The molecule has 0 amide bonds. The molecule has 0 aliphatic rings. The van der Waals surface area contributed by atoms with Gasteiger partial charge >= 0.3 is 0 Å². The Bertz CT molecular complexity index is 1110. The monoisotopic (exact) mass is 329 g/mol. The third kappa shape index (κ3) is 2.70. The first kappa shape index (κ1) is 14.9. The minimum absolute atomic E-state index is 0.546. The van der Waals surface area contributed by atoms with Crippen molar-refractivity contribution in [1.82, 2.24) is 24.7 Å². The SMILES string of the molecule is Cc1cccc(-c2cc(Nc3ccn(C)n3)nc3[nH]cc(C#N)c23)n1. The van der Waals surface area contributed by atoms with E-state index in [1.807, 2.05) is 50.5 Å². The van der Waals surface area contributed by atoms with E-state index < -0.39 is 0 Å². The van der Waals surface area contributed by atoms with Crippen LogP contribution in [0.15, 0.2) is 42.7 Å². The number of nitriles is 1. The first-order valence-corrected chi connectivity index (χ1v) is 7.77. The number of hydrogen-bond donors (Lipinski definition) is 2. The predicted octanol–water partition coefficient (Wildman–Crippen LogP) is 3.28. The number of nitrogens with zero attached hydrogens (tertiary/aromatic N) is 5. The maximum atomic E-state index is 9.41. The third-order valence-electron chi connectivity index (χ3n) is 3.90. The molecule has 0 aromatic carbocycles. The van der Waals surface area contributed by atoms with Crippen LogP contribution in [-0.2, 0) is 7.05 Å². The van der Waals surface area contributed by atoms with Gasteiger partial charge in [-0.05, 0) is 25.1 Å². The summed E-state index contributed by atoms with van der Waals surface area (Å²) < 4.78 is 1.71. The lowest BCUT2D eigenvalue weighted by atomic mass is 10.1. The first-order valence-electron chi connectivity index (χ1n) is 7.77. The summed E-state index contributed by atoms with van der Waals surface area (Å²) in [6, 6.07) is 11.8. The molecule has 0 radical (unpaired) electrons. The number of rotatable bonds is 3. The second kappa shape index (κ2) is 5.76. The summed E-state index contributed by atoms with van der Waals surface area (Å²) in [5.41, 5.74) is 3.74. The van der Waals surface area contributed by atoms with Crippen LogP contribution in [0.4, 0.5) is 11.6 Å². The summed E-state index contributed by atoms with van der Waals surface area (Å²) in [5.74, 6) is 1.33. The Morgan fingerprint density at radius 2 is 2.08 bits per heavy atom. The van der Waals surface area contributed by atoms with Crippen LogP contribution in [0, 0.1) is 18.3 Å². The van der Waals surface area contributed by atoms with Crippen LogP contribution in [0.25, 0.3) is 22.3 Å². The van der Waals surface area contributed by atoms with Gasteiger partial charge in [-0.3, -0.25) is 9.67 Å². The summed E-state index contributed by atoms with van der Waals surface area (Å²) >= 11 is 0. The van der Waals surface area contributed by atoms with Gasteiger partial charge in [0.2, 0.25) is 0 Å². The first-order chi connectivity index (χ1) is 12.1. The Hall–Kier alpha value is -3.66. The van der Waals surface area contributed by atoms with Gasteiger partial charge in [0.25, 0.3) is 0 Å². The van der Waals surface area contributed by atoms with Crippen molar-refractivity contribution in [3.63, 3.8) is 0 Å². The summed E-state index contributed by atoms with van der Waals surface area (Å²) in [7, 11) is 1.86. The van der Waals surface area contributed by atoms with E-state index in [9.17, 15) is 5.26 Å². The van der Waals surface area contributed by atoms with Crippen LogP contribution in [0.1, 0.15) is 11.3 Å². The molecule has 4 aromatic heterocycles. The highest BCUT2D eigenvalue weighted by molar-refractivity contribution is 5.98. The lowest BCUT2D eigenvalue weighted by molar-refractivity contribution is 0.771. The Morgan fingerprint density at radius 3 is 2.80 bits per heavy atom. The molecule has 0 spiro atoms. The minimum atomic E-state index is 0.546. The lowest BCUT2D eigenvalue weighted by Crippen LogP contribution is -1.98. The molecule has 25 heavy (non-hydrogen) atoms. The average Bonchev–Trinajstić information content (AvgIpc) is 3.20. The maximum absolute atomic E-state index is 9.41. The number of aromatic amines is 1. The number of pyridine rings is 2. The quantitative estimate of drug-likeness (QED) is 0.601. The molecule has 0 aliphatic carbocycles. The molecule has 0 fully saturated rings. The van der Waals surface area contributed by atoms with Gasteiger partial charge in [-0.1, -0.05) is 6.07 Å². The lowest BCUT2D eigenvalue weighted by Gasteiger charge is -2.08. The molecule has 0 unspecified atom stereocenters. The molecule has 0 saturated carbocycles. The van der Waals surface area contributed by atoms with E-state index in [0.29, 0.717) is 22.8 Å². The number of hydrogen-bond acceptors (Lipinski definition) is 5. The molecule has 4 rings (SSSR count). The highest BCUT2D eigenvalue weighted by atomic mass is 15.3. The number of aryl methyl sites for hydroxylation is 2. The number of fused-ring (bicyclic) bond motifs is 1. The normalized spacial score (nSPS) is 10.8. The van der Waals surface area contributed by atoms with E-state index in [-0.39, 0.29) is 0 Å². The Kier molecular flexibility index (Phi) is 3.43. The van der Waals surface area contributed by atoms with E-state index in [4.69, 9.17) is 0 Å². The summed E-state index contributed by atoms with van der Waals surface area (Å²) in [4.78, 5) is 12.2. The van der Waals surface area contributed by atoms with Crippen molar-refractivity contribution in [2.24, 2.45) is 7.05 Å². The molecule has 7 nitrogen and oxygen atoms in total. The van der Waals surface area contributed by atoms with Crippen molar-refractivity contribution in [2.75, 3.05) is 5.32 Å². The van der Waals surface area contributed by atoms with Gasteiger partial charge in [0.05, 0.1) is 11.3 Å². The topological polar surface area (TPSA) is 95.2 Å². The van der Waals surface area contributed by atoms with E-state index in [1.165, 1.54) is 0 Å². The number of nitrogens with one attached hydrogen (secondary N) is 2. The number of aromatic nitrogens is 5. The highest BCUT2D eigenvalue weighted by Crippen LogP contribution is 2.32. The molecular weight excluding hydrogens is 314 g/mol. The zero-order valence-electron chi connectivity index (χ0n) is 13.8. The second-order valence-electron chi connectivity index (χ2n) is 5.76. The Labute approximate surface area is 144 Å². The third-order valence-corrected chi connectivity index (χ3v) is 3.90.